The molecule has 0 saturated carbocycles. The molecule has 2 bridgehead atoms. The fourth-order valence-corrected chi connectivity index (χ4v) is 5.44. The number of ether oxygens (including phenoxy) is 1. The second-order valence-corrected chi connectivity index (χ2v) is 9.25. The number of aryl methyl sites for hydroxylation is 2. The second-order valence-electron chi connectivity index (χ2n) is 7.14. The summed E-state index contributed by atoms with van der Waals surface area (Å²) >= 11 is 0. The van der Waals surface area contributed by atoms with Gasteiger partial charge in [-0.25, -0.2) is 8.42 Å². The monoisotopic (exact) mass is 349 g/mol. The van der Waals surface area contributed by atoms with Gasteiger partial charge in [-0.2, -0.15) is 0 Å². The van der Waals surface area contributed by atoms with Gasteiger partial charge in [-0.05, 0) is 61.8 Å². The molecule has 1 N–H and O–H groups in total. The molecule has 24 heavy (non-hydrogen) atoms. The highest BCUT2D eigenvalue weighted by Crippen LogP contribution is 2.34. The first-order valence-electron chi connectivity index (χ1n) is 8.81. The highest BCUT2D eigenvalue weighted by Gasteiger charge is 2.41. The van der Waals surface area contributed by atoms with Gasteiger partial charge in [0.25, 0.3) is 0 Å². The lowest BCUT2D eigenvalue weighted by Crippen LogP contribution is -2.41. The lowest BCUT2D eigenvalue weighted by Gasteiger charge is -2.20. The lowest BCUT2D eigenvalue weighted by atomic mass is 9.95. The number of amides is 1. The van der Waals surface area contributed by atoms with Gasteiger partial charge in [0.1, 0.15) is 0 Å². The maximum absolute atomic E-state index is 12.5. The molecule has 4 rings (SSSR count). The van der Waals surface area contributed by atoms with Crippen LogP contribution in [0.15, 0.2) is 23.1 Å². The first-order valence-corrected chi connectivity index (χ1v) is 10.5. The third-order valence-electron chi connectivity index (χ3n) is 5.48. The fourth-order valence-electron chi connectivity index (χ4n) is 4.16. The average molecular weight is 349 g/mol. The van der Waals surface area contributed by atoms with Crippen LogP contribution >= 0.6 is 0 Å². The number of sulfone groups is 1. The van der Waals surface area contributed by atoms with Gasteiger partial charge in [0.15, 0.2) is 9.84 Å². The van der Waals surface area contributed by atoms with Crippen LogP contribution in [0.25, 0.3) is 0 Å². The van der Waals surface area contributed by atoms with Crippen molar-refractivity contribution < 1.29 is 17.9 Å². The maximum atomic E-state index is 12.5. The maximum Gasteiger partial charge on any atom is 0.221 e. The quantitative estimate of drug-likeness (QED) is 0.879. The predicted octanol–water partition coefficient (Wildman–Crippen LogP) is 1.78. The number of carbonyl (C=O) groups is 1. The molecule has 2 saturated heterocycles. The van der Waals surface area contributed by atoms with E-state index in [1.165, 1.54) is 5.56 Å². The van der Waals surface area contributed by atoms with E-state index in [1.54, 1.807) is 12.1 Å². The minimum Gasteiger partial charge on any atom is -0.373 e. The number of nitrogens with one attached hydrogen (secondary N) is 1. The molecule has 1 aromatic rings. The molecule has 1 aromatic carbocycles. The van der Waals surface area contributed by atoms with Gasteiger partial charge < -0.3 is 10.1 Å². The standard InChI is InChI=1S/C18H23NO4S/c20-18(19-16-11-14-5-7-17(16)23-14)8-9-24(21,22)15-6-4-12-2-1-3-13(12)10-15/h4,6,10,14,16-17H,1-3,5,7-9,11H2,(H,19,20)/t14-,16-,17-/m1/s1. The number of hydrogen-bond donors (Lipinski definition) is 1. The summed E-state index contributed by atoms with van der Waals surface area (Å²) in [6.07, 6.45) is 6.39. The summed E-state index contributed by atoms with van der Waals surface area (Å²) < 4.78 is 30.7. The van der Waals surface area contributed by atoms with Crippen LogP contribution in [0.5, 0.6) is 0 Å². The van der Waals surface area contributed by atoms with Crippen molar-refractivity contribution in [2.24, 2.45) is 0 Å². The Bertz CT molecular complexity index is 758. The fraction of sp³-hybridized carbons (Fsp3) is 0.611. The summed E-state index contributed by atoms with van der Waals surface area (Å²) in [4.78, 5) is 12.5. The van der Waals surface area contributed by atoms with Crippen LogP contribution < -0.4 is 5.32 Å². The van der Waals surface area contributed by atoms with E-state index < -0.39 is 9.84 Å². The molecular formula is C18H23NO4S. The summed E-state index contributed by atoms with van der Waals surface area (Å²) in [5.74, 6) is -0.333. The van der Waals surface area contributed by atoms with Crippen LogP contribution in [0.2, 0.25) is 0 Å². The van der Waals surface area contributed by atoms with Gasteiger partial charge in [-0.3, -0.25) is 4.79 Å². The van der Waals surface area contributed by atoms with Crippen LogP contribution in [-0.4, -0.2) is 38.3 Å². The first-order chi connectivity index (χ1) is 11.5. The van der Waals surface area contributed by atoms with Gasteiger partial charge in [-0.1, -0.05) is 6.07 Å². The molecule has 0 radical (unpaired) electrons. The van der Waals surface area contributed by atoms with Crippen LogP contribution in [-0.2, 0) is 32.2 Å². The molecule has 2 fully saturated rings. The summed E-state index contributed by atoms with van der Waals surface area (Å²) in [5.41, 5.74) is 2.39. The van der Waals surface area contributed by atoms with Crippen molar-refractivity contribution in [3.05, 3.63) is 29.3 Å². The number of carbonyl (C=O) groups excluding carboxylic acids is 1. The zero-order valence-corrected chi connectivity index (χ0v) is 14.5. The Morgan fingerprint density at radius 3 is 2.79 bits per heavy atom. The molecule has 5 nitrogen and oxygen atoms in total. The molecule has 0 unspecified atom stereocenters. The van der Waals surface area contributed by atoms with E-state index in [9.17, 15) is 13.2 Å². The molecule has 2 aliphatic heterocycles. The van der Waals surface area contributed by atoms with Gasteiger partial charge in [0, 0.05) is 6.42 Å². The Labute approximate surface area is 142 Å². The van der Waals surface area contributed by atoms with Crippen LogP contribution in [0.3, 0.4) is 0 Å². The van der Waals surface area contributed by atoms with Crippen LogP contribution in [0.4, 0.5) is 0 Å². The Hall–Kier alpha value is -1.40. The predicted molar refractivity (Wildman–Crippen MR) is 89.6 cm³/mol. The van der Waals surface area contributed by atoms with E-state index in [1.807, 2.05) is 6.07 Å². The molecule has 3 aliphatic rings. The molecular weight excluding hydrogens is 326 g/mol. The van der Waals surface area contributed by atoms with Crippen molar-refractivity contribution >= 4 is 15.7 Å². The van der Waals surface area contributed by atoms with Gasteiger partial charge in [-0.15, -0.1) is 0 Å². The number of benzene rings is 1. The van der Waals surface area contributed by atoms with Crippen LogP contribution in [0, 0.1) is 0 Å². The number of hydrogen-bond acceptors (Lipinski definition) is 4. The number of rotatable bonds is 5. The molecule has 1 aliphatic carbocycles. The lowest BCUT2D eigenvalue weighted by molar-refractivity contribution is -0.121. The topological polar surface area (TPSA) is 72.5 Å². The van der Waals surface area contributed by atoms with E-state index >= 15 is 0 Å². The first kappa shape index (κ1) is 16.1. The van der Waals surface area contributed by atoms with E-state index in [-0.39, 0.29) is 36.3 Å². The van der Waals surface area contributed by atoms with Crippen molar-refractivity contribution in [3.63, 3.8) is 0 Å². The van der Waals surface area contributed by atoms with Crippen molar-refractivity contribution in [2.45, 2.75) is 68.1 Å². The SMILES string of the molecule is O=C(CCS(=O)(=O)c1ccc2c(c1)CCC2)N[C@@H]1C[C@H]2CC[C@H]1O2. The smallest absolute Gasteiger partial charge is 0.221 e. The van der Waals surface area contributed by atoms with Crippen molar-refractivity contribution in [2.75, 3.05) is 5.75 Å². The summed E-state index contributed by atoms with van der Waals surface area (Å²) in [7, 11) is -3.41. The average Bonchev–Trinajstić information content (AvgIpc) is 3.28. The highest BCUT2D eigenvalue weighted by molar-refractivity contribution is 7.91. The molecule has 130 valence electrons. The third kappa shape index (κ3) is 3.09. The molecule has 6 heteroatoms. The van der Waals surface area contributed by atoms with Crippen molar-refractivity contribution in [1.82, 2.24) is 5.32 Å². The van der Waals surface area contributed by atoms with E-state index in [0.717, 1.165) is 44.1 Å². The normalized spacial score (nSPS) is 28.1. The van der Waals surface area contributed by atoms with Gasteiger partial charge in [0.05, 0.1) is 28.9 Å². The molecule has 0 aromatic heterocycles. The number of fused-ring (bicyclic) bond motifs is 3. The Kier molecular flexibility index (Phi) is 4.12. The summed E-state index contributed by atoms with van der Waals surface area (Å²) in [5, 5.41) is 2.95. The van der Waals surface area contributed by atoms with Crippen LogP contribution in [0.1, 0.15) is 43.2 Å². The minimum atomic E-state index is -3.41. The molecule has 2 heterocycles. The van der Waals surface area contributed by atoms with Crippen molar-refractivity contribution in [3.8, 4) is 0 Å². The molecule has 1 amide bonds. The molecule has 3 atom stereocenters. The minimum absolute atomic E-state index is 0.00725. The van der Waals surface area contributed by atoms with E-state index in [2.05, 4.69) is 5.32 Å². The zero-order valence-electron chi connectivity index (χ0n) is 13.7. The zero-order chi connectivity index (χ0) is 16.7. The van der Waals surface area contributed by atoms with E-state index in [0.29, 0.717) is 4.90 Å². The Morgan fingerprint density at radius 2 is 2.04 bits per heavy atom. The summed E-state index contributed by atoms with van der Waals surface area (Å²) in [6, 6.07) is 5.45. The third-order valence-corrected chi connectivity index (χ3v) is 7.19. The second kappa shape index (κ2) is 6.15. The van der Waals surface area contributed by atoms with Gasteiger partial charge in [0.2, 0.25) is 5.91 Å². The van der Waals surface area contributed by atoms with Crippen molar-refractivity contribution in [1.29, 1.82) is 0 Å². The highest BCUT2D eigenvalue weighted by atomic mass is 32.2. The largest absolute Gasteiger partial charge is 0.373 e. The molecule has 0 spiro atoms. The summed E-state index contributed by atoms with van der Waals surface area (Å²) in [6.45, 7) is 0. The van der Waals surface area contributed by atoms with Gasteiger partial charge >= 0.3 is 0 Å². The Balaban J connectivity index is 1.35. The van der Waals surface area contributed by atoms with E-state index in [4.69, 9.17) is 4.74 Å². The Morgan fingerprint density at radius 1 is 1.21 bits per heavy atom.